The average Bonchev–Trinajstić information content (AvgIpc) is 2.62. The maximum atomic E-state index is 14.2. The van der Waals surface area contributed by atoms with Crippen molar-refractivity contribution in [2.24, 2.45) is 0 Å². The molecule has 1 aliphatic rings. The lowest BCUT2D eigenvalue weighted by molar-refractivity contribution is -0.139. The number of rotatable bonds is 4. The van der Waals surface area contributed by atoms with E-state index in [0.717, 1.165) is 23.1 Å². The van der Waals surface area contributed by atoms with E-state index in [1.54, 1.807) is 0 Å². The Balaban J connectivity index is 2.18. The lowest BCUT2D eigenvalue weighted by atomic mass is 9.87. The van der Waals surface area contributed by atoms with Crippen molar-refractivity contribution < 1.29 is 37.7 Å². The average molecular weight is 381 g/mol. The molecule has 1 atom stereocenters. The molecule has 0 bridgehead atoms. The lowest BCUT2D eigenvalue weighted by Crippen LogP contribution is -2.40. The van der Waals surface area contributed by atoms with E-state index in [-0.39, 0.29) is 35.4 Å². The van der Waals surface area contributed by atoms with Gasteiger partial charge in [0.25, 0.3) is 0 Å². The van der Waals surface area contributed by atoms with E-state index < -0.39 is 42.2 Å². The van der Waals surface area contributed by atoms with Crippen molar-refractivity contribution in [2.75, 3.05) is 13.2 Å². The first kappa shape index (κ1) is 18.6. The highest BCUT2D eigenvalue weighted by Gasteiger charge is 2.36. The zero-order valence-corrected chi connectivity index (χ0v) is 13.8. The minimum atomic E-state index is -1.34. The quantitative estimate of drug-likeness (QED) is 0.849. The standard InChI is InChI=1S/C18H14F3NO5/c19-9-1-4-14(27-8-15(23)24)12(7-9)17-11-2-3-13(20)16(21)10(11)5-6-22(17)18(25)26/h1-4,7,17H,5-6,8H2,(H,23,24)(H,25,26). The lowest BCUT2D eigenvalue weighted by Gasteiger charge is -2.36. The molecule has 0 saturated carbocycles. The molecule has 2 aromatic carbocycles. The first-order chi connectivity index (χ1) is 12.8. The predicted octanol–water partition coefficient (Wildman–Crippen LogP) is 3.19. The molecule has 0 aliphatic carbocycles. The van der Waals surface area contributed by atoms with Crippen LogP contribution in [0.25, 0.3) is 0 Å². The van der Waals surface area contributed by atoms with Crippen molar-refractivity contribution >= 4 is 12.1 Å². The molecule has 0 spiro atoms. The monoisotopic (exact) mass is 381 g/mol. The summed E-state index contributed by atoms with van der Waals surface area (Å²) in [6.45, 7) is -0.884. The molecule has 0 radical (unpaired) electrons. The Kier molecular flexibility index (Phi) is 4.93. The van der Waals surface area contributed by atoms with E-state index in [4.69, 9.17) is 9.84 Å². The number of carbonyl (C=O) groups is 2. The summed E-state index contributed by atoms with van der Waals surface area (Å²) < 4.78 is 46.8. The Morgan fingerprint density at radius 3 is 2.52 bits per heavy atom. The predicted molar refractivity (Wildman–Crippen MR) is 86.2 cm³/mol. The van der Waals surface area contributed by atoms with E-state index in [1.807, 2.05) is 0 Å². The minimum absolute atomic E-state index is 0.00519. The highest BCUT2D eigenvalue weighted by atomic mass is 19.2. The van der Waals surface area contributed by atoms with Crippen molar-refractivity contribution in [3.8, 4) is 5.75 Å². The number of ether oxygens (including phenoxy) is 1. The topological polar surface area (TPSA) is 87.1 Å². The Morgan fingerprint density at radius 2 is 1.85 bits per heavy atom. The maximum absolute atomic E-state index is 14.2. The Morgan fingerprint density at radius 1 is 1.11 bits per heavy atom. The van der Waals surface area contributed by atoms with Crippen LogP contribution in [0, 0.1) is 17.5 Å². The summed E-state index contributed by atoms with van der Waals surface area (Å²) >= 11 is 0. The van der Waals surface area contributed by atoms with Gasteiger partial charge in [-0.2, -0.15) is 0 Å². The van der Waals surface area contributed by atoms with Crippen molar-refractivity contribution in [3.05, 3.63) is 64.5 Å². The molecule has 9 heteroatoms. The molecule has 0 saturated heterocycles. The van der Waals surface area contributed by atoms with Gasteiger partial charge in [-0.05, 0) is 41.8 Å². The van der Waals surface area contributed by atoms with Gasteiger partial charge in [-0.3, -0.25) is 4.90 Å². The number of carboxylic acid groups (broad SMARTS) is 2. The normalized spacial score (nSPS) is 16.0. The number of hydrogen-bond donors (Lipinski definition) is 2. The van der Waals surface area contributed by atoms with Crippen LogP contribution in [-0.4, -0.2) is 40.3 Å². The molecule has 1 aliphatic heterocycles. The van der Waals surface area contributed by atoms with Crippen LogP contribution in [0.4, 0.5) is 18.0 Å². The molecule has 1 unspecified atom stereocenters. The van der Waals surface area contributed by atoms with Gasteiger partial charge in [-0.25, -0.2) is 22.8 Å². The van der Waals surface area contributed by atoms with Gasteiger partial charge >= 0.3 is 12.1 Å². The number of amides is 1. The molecule has 0 aromatic heterocycles. The van der Waals surface area contributed by atoms with Gasteiger partial charge in [0.05, 0.1) is 6.04 Å². The number of benzene rings is 2. The van der Waals surface area contributed by atoms with Crippen LogP contribution in [-0.2, 0) is 11.2 Å². The smallest absolute Gasteiger partial charge is 0.408 e. The molecule has 1 amide bonds. The largest absolute Gasteiger partial charge is 0.482 e. The highest BCUT2D eigenvalue weighted by Crippen LogP contribution is 2.40. The van der Waals surface area contributed by atoms with Gasteiger partial charge in [0.1, 0.15) is 11.6 Å². The van der Waals surface area contributed by atoms with E-state index in [9.17, 15) is 27.9 Å². The van der Waals surface area contributed by atoms with Crippen molar-refractivity contribution in [2.45, 2.75) is 12.5 Å². The van der Waals surface area contributed by atoms with Crippen molar-refractivity contribution in [1.29, 1.82) is 0 Å². The molecule has 0 fully saturated rings. The SMILES string of the molecule is O=C(O)COc1ccc(F)cc1C1c2ccc(F)c(F)c2CCN1C(=O)O. The van der Waals surface area contributed by atoms with Crippen LogP contribution in [0.2, 0.25) is 0 Å². The van der Waals surface area contributed by atoms with Crippen LogP contribution < -0.4 is 4.74 Å². The number of aliphatic carboxylic acids is 1. The Hall–Kier alpha value is -3.23. The van der Waals surface area contributed by atoms with Crippen molar-refractivity contribution in [1.82, 2.24) is 4.90 Å². The summed E-state index contributed by atoms with van der Waals surface area (Å²) in [6.07, 6.45) is -1.40. The van der Waals surface area contributed by atoms with E-state index in [0.29, 0.717) is 0 Å². The molecular weight excluding hydrogens is 367 g/mol. The van der Waals surface area contributed by atoms with E-state index in [2.05, 4.69) is 0 Å². The zero-order chi connectivity index (χ0) is 19.7. The highest BCUT2D eigenvalue weighted by molar-refractivity contribution is 5.69. The van der Waals surface area contributed by atoms with Gasteiger partial charge in [0, 0.05) is 12.1 Å². The molecule has 1 heterocycles. The third-order valence-electron chi connectivity index (χ3n) is 4.30. The van der Waals surface area contributed by atoms with Gasteiger partial charge in [-0.15, -0.1) is 0 Å². The number of hydrogen-bond acceptors (Lipinski definition) is 3. The summed E-state index contributed by atoms with van der Waals surface area (Å²) in [5.74, 6) is -4.22. The number of carboxylic acids is 1. The molecule has 3 rings (SSSR count). The fraction of sp³-hybridized carbons (Fsp3) is 0.222. The molecule has 6 nitrogen and oxygen atoms in total. The van der Waals surface area contributed by atoms with Crippen LogP contribution in [0.5, 0.6) is 5.75 Å². The van der Waals surface area contributed by atoms with Crippen LogP contribution in [0.3, 0.4) is 0 Å². The summed E-state index contributed by atoms with van der Waals surface area (Å²) in [4.78, 5) is 23.4. The third-order valence-corrected chi connectivity index (χ3v) is 4.30. The summed E-state index contributed by atoms with van der Waals surface area (Å²) in [5.41, 5.74) is 0.143. The Bertz CT molecular complexity index is 918. The minimum Gasteiger partial charge on any atom is -0.482 e. The summed E-state index contributed by atoms with van der Waals surface area (Å²) in [6, 6.07) is 4.11. The van der Waals surface area contributed by atoms with Crippen LogP contribution in [0.15, 0.2) is 30.3 Å². The second-order valence-electron chi connectivity index (χ2n) is 5.92. The Labute approximate surface area is 151 Å². The second-order valence-corrected chi connectivity index (χ2v) is 5.92. The fourth-order valence-electron chi connectivity index (χ4n) is 3.19. The molecule has 2 N–H and O–H groups in total. The maximum Gasteiger partial charge on any atom is 0.408 e. The van der Waals surface area contributed by atoms with E-state index in [1.165, 1.54) is 12.1 Å². The van der Waals surface area contributed by atoms with Gasteiger partial charge in [0.2, 0.25) is 0 Å². The van der Waals surface area contributed by atoms with Crippen molar-refractivity contribution in [3.63, 3.8) is 0 Å². The zero-order valence-electron chi connectivity index (χ0n) is 13.8. The molecular formula is C18H14F3NO5. The first-order valence-corrected chi connectivity index (χ1v) is 7.90. The summed E-state index contributed by atoms with van der Waals surface area (Å²) in [7, 11) is 0. The second kappa shape index (κ2) is 7.18. The molecule has 142 valence electrons. The number of nitrogens with zero attached hydrogens (tertiary/aromatic N) is 1. The molecule has 27 heavy (non-hydrogen) atoms. The molecule has 2 aromatic rings. The van der Waals surface area contributed by atoms with Crippen LogP contribution in [0.1, 0.15) is 22.7 Å². The number of fused-ring (bicyclic) bond motifs is 1. The first-order valence-electron chi connectivity index (χ1n) is 7.90. The van der Waals surface area contributed by atoms with Gasteiger partial charge in [-0.1, -0.05) is 6.07 Å². The fourth-order valence-corrected chi connectivity index (χ4v) is 3.19. The van der Waals surface area contributed by atoms with Gasteiger partial charge in [0.15, 0.2) is 18.2 Å². The third kappa shape index (κ3) is 3.53. The van der Waals surface area contributed by atoms with Crippen LogP contribution >= 0.6 is 0 Å². The van der Waals surface area contributed by atoms with E-state index >= 15 is 0 Å². The summed E-state index contributed by atoms with van der Waals surface area (Å²) in [5, 5.41) is 18.3. The van der Waals surface area contributed by atoms with Gasteiger partial charge < -0.3 is 14.9 Å². The number of halogens is 3.